The van der Waals surface area contributed by atoms with Crippen molar-refractivity contribution in [1.82, 2.24) is 19.6 Å². The van der Waals surface area contributed by atoms with E-state index >= 15 is 0 Å². The van der Waals surface area contributed by atoms with Gasteiger partial charge in [-0.3, -0.25) is 4.79 Å². The van der Waals surface area contributed by atoms with Crippen LogP contribution in [0.5, 0.6) is 0 Å². The summed E-state index contributed by atoms with van der Waals surface area (Å²) in [7, 11) is 1.39. The van der Waals surface area contributed by atoms with Gasteiger partial charge >= 0.3 is 5.97 Å². The molecule has 126 valence electrons. The van der Waals surface area contributed by atoms with E-state index in [-0.39, 0.29) is 11.7 Å². The zero-order valence-electron chi connectivity index (χ0n) is 13.4. The molecule has 3 heterocycles. The number of hydrogen-bond acceptors (Lipinski definition) is 8. The maximum absolute atomic E-state index is 11.4. The number of hydrogen-bond donors (Lipinski definition) is 0. The van der Waals surface area contributed by atoms with Crippen LogP contribution in [0.3, 0.4) is 0 Å². The van der Waals surface area contributed by atoms with Crippen molar-refractivity contribution >= 4 is 56.7 Å². The first kappa shape index (κ1) is 16.2. The fourth-order valence-corrected chi connectivity index (χ4v) is 5.63. The number of methoxy groups -OCH3 is 1. The fourth-order valence-electron chi connectivity index (χ4n) is 2.97. The number of thioether (sulfide) groups is 2. The molecule has 4 rings (SSSR count). The summed E-state index contributed by atoms with van der Waals surface area (Å²) in [5.74, 6) is -0.0625. The van der Waals surface area contributed by atoms with E-state index in [2.05, 4.69) is 10.2 Å². The van der Waals surface area contributed by atoms with Crippen LogP contribution < -0.4 is 0 Å². The molecule has 24 heavy (non-hydrogen) atoms. The first-order valence-electron chi connectivity index (χ1n) is 7.66. The molecule has 0 aliphatic heterocycles. The van der Waals surface area contributed by atoms with Crippen LogP contribution in [0.15, 0.2) is 10.3 Å². The Bertz CT molecular complexity index is 934. The second kappa shape index (κ2) is 6.53. The molecule has 0 N–H and O–H groups in total. The SMILES string of the molecule is COC(=O)CSc1nnc2c3sc4c(c3nc(SC)n12)CCCC4. The Morgan fingerprint density at radius 1 is 1.29 bits per heavy atom. The molecule has 9 heteroatoms. The second-order valence-corrected chi connectivity index (χ2v) is 8.31. The number of aromatic nitrogens is 4. The molecule has 6 nitrogen and oxygen atoms in total. The van der Waals surface area contributed by atoms with Gasteiger partial charge in [0.1, 0.15) is 0 Å². The number of esters is 1. The molecular formula is C15H16N4O2S3. The number of fused-ring (bicyclic) bond motifs is 5. The van der Waals surface area contributed by atoms with Crippen LogP contribution in [-0.4, -0.2) is 44.7 Å². The third-order valence-electron chi connectivity index (χ3n) is 4.11. The standard InChI is InChI=1S/C15H16N4O2S3/c1-21-10(20)7-23-15-18-17-13-12-11(16-14(22-2)19(13)15)8-5-3-4-6-9(8)24-12/h3-7H2,1-2H3. The molecule has 0 aromatic carbocycles. The van der Waals surface area contributed by atoms with Gasteiger partial charge in [-0.25, -0.2) is 9.38 Å². The van der Waals surface area contributed by atoms with E-state index in [1.807, 2.05) is 10.7 Å². The summed E-state index contributed by atoms with van der Waals surface area (Å²) >= 11 is 4.70. The largest absolute Gasteiger partial charge is 0.468 e. The molecule has 0 spiro atoms. The number of rotatable bonds is 4. The lowest BCUT2D eigenvalue weighted by atomic mass is 9.98. The minimum absolute atomic E-state index is 0.212. The van der Waals surface area contributed by atoms with Crippen molar-refractivity contribution in [3.63, 3.8) is 0 Å². The molecule has 0 bridgehead atoms. The Balaban J connectivity index is 1.88. The summed E-state index contributed by atoms with van der Waals surface area (Å²) in [6, 6.07) is 0. The molecule has 0 radical (unpaired) electrons. The predicted molar refractivity (Wildman–Crippen MR) is 97.3 cm³/mol. The predicted octanol–water partition coefficient (Wildman–Crippen LogP) is 3.20. The topological polar surface area (TPSA) is 69.4 Å². The quantitative estimate of drug-likeness (QED) is 0.391. The first-order valence-corrected chi connectivity index (χ1v) is 10.7. The van der Waals surface area contributed by atoms with Crippen LogP contribution >= 0.6 is 34.9 Å². The van der Waals surface area contributed by atoms with Gasteiger partial charge < -0.3 is 4.74 Å². The van der Waals surface area contributed by atoms with Crippen molar-refractivity contribution in [1.29, 1.82) is 0 Å². The summed E-state index contributed by atoms with van der Waals surface area (Å²) in [5.41, 5.74) is 3.32. The normalized spacial score (nSPS) is 14.2. The first-order chi connectivity index (χ1) is 11.7. The van der Waals surface area contributed by atoms with E-state index in [0.717, 1.165) is 33.9 Å². The Morgan fingerprint density at radius 3 is 2.92 bits per heavy atom. The molecule has 1 aliphatic rings. The minimum atomic E-state index is -0.275. The zero-order chi connectivity index (χ0) is 16.7. The van der Waals surface area contributed by atoms with E-state index < -0.39 is 0 Å². The summed E-state index contributed by atoms with van der Waals surface area (Å²) in [6.07, 6.45) is 6.71. The van der Waals surface area contributed by atoms with Crippen LogP contribution in [0.1, 0.15) is 23.3 Å². The highest BCUT2D eigenvalue weighted by Crippen LogP contribution is 2.39. The van der Waals surface area contributed by atoms with Crippen LogP contribution in [0.4, 0.5) is 0 Å². The Kier molecular flexibility index (Phi) is 4.40. The van der Waals surface area contributed by atoms with Crippen molar-refractivity contribution in [2.75, 3.05) is 19.1 Å². The third-order valence-corrected chi connectivity index (χ3v) is 6.93. The van der Waals surface area contributed by atoms with Crippen LogP contribution in [0, 0.1) is 0 Å². The van der Waals surface area contributed by atoms with Crippen LogP contribution in [0.25, 0.3) is 15.9 Å². The van der Waals surface area contributed by atoms with Crippen molar-refractivity contribution in [3.8, 4) is 0 Å². The van der Waals surface area contributed by atoms with Gasteiger partial charge in [-0.2, -0.15) is 0 Å². The highest BCUT2D eigenvalue weighted by molar-refractivity contribution is 8.00. The average molecular weight is 381 g/mol. The smallest absolute Gasteiger partial charge is 0.316 e. The average Bonchev–Trinajstić information content (AvgIpc) is 3.20. The summed E-state index contributed by atoms with van der Waals surface area (Å²) < 4.78 is 7.78. The molecule has 1 aliphatic carbocycles. The maximum Gasteiger partial charge on any atom is 0.316 e. The lowest BCUT2D eigenvalue weighted by Crippen LogP contribution is -2.05. The van der Waals surface area contributed by atoms with Gasteiger partial charge in [0.15, 0.2) is 16.0 Å². The summed E-state index contributed by atoms with van der Waals surface area (Å²) in [5, 5.41) is 10.2. The number of carbonyl (C=O) groups is 1. The van der Waals surface area contributed by atoms with E-state index in [1.165, 1.54) is 42.2 Å². The Hall–Kier alpha value is -1.32. The van der Waals surface area contributed by atoms with E-state index in [9.17, 15) is 4.79 Å². The summed E-state index contributed by atoms with van der Waals surface area (Å²) in [4.78, 5) is 17.8. The van der Waals surface area contributed by atoms with Gasteiger partial charge in [-0.15, -0.1) is 21.5 Å². The van der Waals surface area contributed by atoms with Crippen LogP contribution in [-0.2, 0) is 22.4 Å². The number of carbonyl (C=O) groups excluding carboxylic acids is 1. The van der Waals surface area contributed by atoms with Gasteiger partial charge in [0.25, 0.3) is 0 Å². The van der Waals surface area contributed by atoms with Crippen molar-refractivity contribution in [3.05, 3.63) is 10.4 Å². The Morgan fingerprint density at radius 2 is 2.12 bits per heavy atom. The summed E-state index contributed by atoms with van der Waals surface area (Å²) in [6.45, 7) is 0. The highest BCUT2D eigenvalue weighted by Gasteiger charge is 2.23. The monoisotopic (exact) mass is 380 g/mol. The third kappa shape index (κ3) is 2.58. The number of thiophene rings is 1. The number of aryl methyl sites for hydroxylation is 2. The lowest BCUT2D eigenvalue weighted by molar-refractivity contribution is -0.137. The molecule has 3 aromatic rings. The Labute approximate surface area is 151 Å². The zero-order valence-corrected chi connectivity index (χ0v) is 15.8. The van der Waals surface area contributed by atoms with Crippen molar-refractivity contribution in [2.24, 2.45) is 0 Å². The molecule has 0 saturated carbocycles. The van der Waals surface area contributed by atoms with E-state index in [4.69, 9.17) is 9.72 Å². The van der Waals surface area contributed by atoms with E-state index in [1.54, 1.807) is 23.1 Å². The lowest BCUT2D eigenvalue weighted by Gasteiger charge is -2.10. The van der Waals surface area contributed by atoms with Gasteiger partial charge in [0.05, 0.1) is 23.1 Å². The van der Waals surface area contributed by atoms with Crippen LogP contribution in [0.2, 0.25) is 0 Å². The minimum Gasteiger partial charge on any atom is -0.468 e. The molecule has 3 aromatic heterocycles. The fraction of sp³-hybridized carbons (Fsp3) is 0.467. The maximum atomic E-state index is 11.4. The van der Waals surface area contributed by atoms with Gasteiger partial charge in [-0.1, -0.05) is 23.5 Å². The number of nitrogens with zero attached hydrogens (tertiary/aromatic N) is 4. The van der Waals surface area contributed by atoms with Crippen molar-refractivity contribution < 1.29 is 9.53 Å². The van der Waals surface area contributed by atoms with E-state index in [0.29, 0.717) is 5.16 Å². The highest BCUT2D eigenvalue weighted by atomic mass is 32.2. The van der Waals surface area contributed by atoms with Crippen molar-refractivity contribution in [2.45, 2.75) is 36.0 Å². The molecular weight excluding hydrogens is 364 g/mol. The second-order valence-electron chi connectivity index (χ2n) is 5.49. The molecule has 0 unspecified atom stereocenters. The number of ether oxygens (including phenoxy) is 1. The van der Waals surface area contributed by atoms with Gasteiger partial charge in [0.2, 0.25) is 0 Å². The molecule has 0 fully saturated rings. The van der Waals surface area contributed by atoms with Gasteiger partial charge in [-0.05, 0) is 37.5 Å². The molecule has 0 saturated heterocycles. The molecule has 0 atom stereocenters. The molecule has 0 amide bonds. The van der Waals surface area contributed by atoms with Gasteiger partial charge in [0, 0.05) is 4.88 Å².